The summed E-state index contributed by atoms with van der Waals surface area (Å²) in [5.41, 5.74) is 0. The normalized spacial score (nSPS) is 12.9. The quantitative estimate of drug-likeness (QED) is 0.0482. The van der Waals surface area contributed by atoms with Gasteiger partial charge in [0.2, 0.25) is 0 Å². The first kappa shape index (κ1) is 40.4. The highest BCUT2D eigenvalue weighted by atomic mass is 16.6. The van der Waals surface area contributed by atoms with E-state index in [0.717, 1.165) is 51.4 Å². The largest absolute Gasteiger partial charge is 0.457 e. The molecule has 0 rings (SSSR count). The summed E-state index contributed by atoms with van der Waals surface area (Å²) >= 11 is 0. The summed E-state index contributed by atoms with van der Waals surface area (Å²) in [6.07, 6.45) is 44.2. The molecule has 0 aliphatic carbocycles. The molecule has 0 radical (unpaired) electrons. The van der Waals surface area contributed by atoms with Crippen LogP contribution in [-0.4, -0.2) is 37.0 Å². The molecule has 1 N–H and O–H groups in total. The number of esters is 1. The first-order valence-corrected chi connectivity index (χ1v) is 17.7. The van der Waals surface area contributed by atoms with Crippen LogP contribution in [-0.2, 0) is 14.3 Å². The fraction of sp³-hybridized carbons (Fsp3) is 0.763. The van der Waals surface area contributed by atoms with E-state index in [0.29, 0.717) is 13.0 Å². The smallest absolute Gasteiger partial charge is 0.306 e. The van der Waals surface area contributed by atoms with E-state index in [9.17, 15) is 9.90 Å². The van der Waals surface area contributed by atoms with Crippen LogP contribution in [0.25, 0.3) is 0 Å². The number of aliphatic hydroxyl groups is 1. The maximum Gasteiger partial charge on any atom is 0.306 e. The van der Waals surface area contributed by atoms with Crippen LogP contribution in [0, 0.1) is 0 Å². The lowest BCUT2D eigenvalue weighted by molar-refractivity contribution is -0.154. The van der Waals surface area contributed by atoms with Crippen LogP contribution in [0.1, 0.15) is 162 Å². The van der Waals surface area contributed by atoms with E-state index in [1.54, 1.807) is 0 Å². The molecule has 0 heterocycles. The summed E-state index contributed by atoms with van der Waals surface area (Å²) in [6, 6.07) is 0. The number of allylic oxidation sites excluding steroid dienone is 8. The molecular formula is C38H68O4. The second-order valence-electron chi connectivity index (χ2n) is 11.6. The van der Waals surface area contributed by atoms with Gasteiger partial charge < -0.3 is 14.6 Å². The predicted octanol–water partition coefficient (Wildman–Crippen LogP) is 11.1. The van der Waals surface area contributed by atoms with Crippen molar-refractivity contribution >= 4 is 5.97 Å². The molecule has 0 aliphatic rings. The second-order valence-corrected chi connectivity index (χ2v) is 11.6. The third-order valence-electron chi connectivity index (χ3n) is 7.38. The minimum Gasteiger partial charge on any atom is -0.457 e. The van der Waals surface area contributed by atoms with Gasteiger partial charge in [-0.05, 0) is 70.6 Å². The van der Waals surface area contributed by atoms with Crippen LogP contribution in [0.3, 0.4) is 0 Å². The van der Waals surface area contributed by atoms with Crippen LogP contribution in [0.5, 0.6) is 0 Å². The molecule has 0 saturated carbocycles. The SMILES string of the molecule is CCCC/C=C\C/C=C\CCCCCCCCOCC(CO)OC(=O)CCCCCCC/C=C\C/C=C\CCCCC. The summed E-state index contributed by atoms with van der Waals surface area (Å²) in [7, 11) is 0. The van der Waals surface area contributed by atoms with Gasteiger partial charge in [-0.3, -0.25) is 4.79 Å². The molecule has 0 saturated heterocycles. The van der Waals surface area contributed by atoms with Gasteiger partial charge in [-0.15, -0.1) is 0 Å². The lowest BCUT2D eigenvalue weighted by atomic mass is 10.1. The molecule has 4 heteroatoms. The number of rotatable bonds is 32. The molecular weight excluding hydrogens is 520 g/mol. The van der Waals surface area contributed by atoms with E-state index in [2.05, 4.69) is 62.5 Å². The van der Waals surface area contributed by atoms with E-state index in [1.165, 1.54) is 89.9 Å². The Morgan fingerprint density at radius 2 is 1.02 bits per heavy atom. The summed E-state index contributed by atoms with van der Waals surface area (Å²) < 4.78 is 11.1. The minimum atomic E-state index is -0.546. The van der Waals surface area contributed by atoms with Crippen LogP contribution in [0.2, 0.25) is 0 Å². The highest BCUT2D eigenvalue weighted by molar-refractivity contribution is 5.69. The van der Waals surface area contributed by atoms with Crippen molar-refractivity contribution in [3.63, 3.8) is 0 Å². The zero-order chi connectivity index (χ0) is 30.6. The van der Waals surface area contributed by atoms with Gasteiger partial charge >= 0.3 is 5.97 Å². The van der Waals surface area contributed by atoms with Crippen molar-refractivity contribution in [1.29, 1.82) is 0 Å². The fourth-order valence-electron chi connectivity index (χ4n) is 4.67. The van der Waals surface area contributed by atoms with Gasteiger partial charge in [-0.2, -0.15) is 0 Å². The fourth-order valence-corrected chi connectivity index (χ4v) is 4.67. The number of hydrogen-bond acceptors (Lipinski definition) is 4. The summed E-state index contributed by atoms with van der Waals surface area (Å²) in [5.74, 6) is -0.221. The average Bonchev–Trinajstić information content (AvgIpc) is 3.00. The summed E-state index contributed by atoms with van der Waals surface area (Å²) in [5, 5.41) is 9.54. The second kappa shape index (κ2) is 35.5. The first-order chi connectivity index (χ1) is 20.7. The Morgan fingerprint density at radius 3 is 1.55 bits per heavy atom. The van der Waals surface area contributed by atoms with Gasteiger partial charge in [0, 0.05) is 13.0 Å². The Bertz CT molecular complexity index is 664. The van der Waals surface area contributed by atoms with Gasteiger partial charge in [-0.1, -0.05) is 133 Å². The molecule has 42 heavy (non-hydrogen) atoms. The highest BCUT2D eigenvalue weighted by Crippen LogP contribution is 2.11. The average molecular weight is 589 g/mol. The van der Waals surface area contributed by atoms with Gasteiger partial charge in [0.15, 0.2) is 0 Å². The number of carbonyl (C=O) groups is 1. The van der Waals surface area contributed by atoms with Crippen molar-refractivity contribution in [1.82, 2.24) is 0 Å². The van der Waals surface area contributed by atoms with E-state index >= 15 is 0 Å². The molecule has 1 atom stereocenters. The maximum atomic E-state index is 12.1. The van der Waals surface area contributed by atoms with Gasteiger partial charge in [-0.25, -0.2) is 0 Å². The molecule has 4 nitrogen and oxygen atoms in total. The number of aliphatic hydroxyl groups excluding tert-OH is 1. The molecule has 0 amide bonds. The van der Waals surface area contributed by atoms with Crippen LogP contribution >= 0.6 is 0 Å². The van der Waals surface area contributed by atoms with E-state index in [-0.39, 0.29) is 19.2 Å². The zero-order valence-electron chi connectivity index (χ0n) is 27.8. The first-order valence-electron chi connectivity index (χ1n) is 17.7. The van der Waals surface area contributed by atoms with E-state index in [4.69, 9.17) is 9.47 Å². The lowest BCUT2D eigenvalue weighted by Crippen LogP contribution is -2.27. The minimum absolute atomic E-state index is 0.183. The van der Waals surface area contributed by atoms with Crippen molar-refractivity contribution in [2.24, 2.45) is 0 Å². The molecule has 0 spiro atoms. The lowest BCUT2D eigenvalue weighted by Gasteiger charge is -2.15. The molecule has 0 aliphatic heterocycles. The van der Waals surface area contributed by atoms with Crippen molar-refractivity contribution in [3.05, 3.63) is 48.6 Å². The van der Waals surface area contributed by atoms with Crippen LogP contribution in [0.4, 0.5) is 0 Å². The molecule has 0 bridgehead atoms. The Kier molecular flexibility index (Phi) is 34.1. The number of carbonyl (C=O) groups excluding carboxylic acids is 1. The highest BCUT2D eigenvalue weighted by Gasteiger charge is 2.13. The molecule has 0 aromatic carbocycles. The Labute approximate surface area is 261 Å². The standard InChI is InChI=1S/C38H68O4/c1-3-5-7-9-11-13-15-17-19-21-23-25-27-29-31-33-38(40)42-37(35-39)36-41-34-32-30-28-26-24-22-20-18-16-14-12-10-8-6-4-2/h10-13,16-19,37,39H,3-9,14-15,20-36H2,1-2H3/b12-10-,13-11-,18-16-,19-17-. The Morgan fingerprint density at radius 1 is 0.571 bits per heavy atom. The third-order valence-corrected chi connectivity index (χ3v) is 7.38. The maximum absolute atomic E-state index is 12.1. The third kappa shape index (κ3) is 32.9. The number of unbranched alkanes of at least 4 members (excludes halogenated alkanes) is 16. The predicted molar refractivity (Wildman–Crippen MR) is 182 cm³/mol. The molecule has 0 aromatic rings. The van der Waals surface area contributed by atoms with Gasteiger partial charge in [0.25, 0.3) is 0 Å². The Balaban J connectivity index is 3.51. The van der Waals surface area contributed by atoms with Crippen molar-refractivity contribution in [3.8, 4) is 0 Å². The monoisotopic (exact) mass is 589 g/mol. The van der Waals surface area contributed by atoms with Crippen molar-refractivity contribution in [2.75, 3.05) is 19.8 Å². The summed E-state index contributed by atoms with van der Waals surface area (Å²) in [4.78, 5) is 12.1. The van der Waals surface area contributed by atoms with E-state index in [1.807, 2.05) is 0 Å². The van der Waals surface area contributed by atoms with Gasteiger partial charge in [0.1, 0.15) is 6.10 Å². The Hall–Kier alpha value is -1.65. The molecule has 244 valence electrons. The molecule has 0 aromatic heterocycles. The summed E-state index contributed by atoms with van der Waals surface area (Å²) in [6.45, 7) is 5.23. The zero-order valence-corrected chi connectivity index (χ0v) is 27.8. The van der Waals surface area contributed by atoms with Crippen LogP contribution in [0.15, 0.2) is 48.6 Å². The van der Waals surface area contributed by atoms with Crippen LogP contribution < -0.4 is 0 Å². The van der Waals surface area contributed by atoms with E-state index < -0.39 is 6.10 Å². The molecule has 1 unspecified atom stereocenters. The topological polar surface area (TPSA) is 55.8 Å². The number of ether oxygens (including phenoxy) is 2. The van der Waals surface area contributed by atoms with Crippen molar-refractivity contribution < 1.29 is 19.4 Å². The van der Waals surface area contributed by atoms with Gasteiger partial charge in [0.05, 0.1) is 13.2 Å². The molecule has 0 fully saturated rings. The number of hydrogen-bond donors (Lipinski definition) is 1. The van der Waals surface area contributed by atoms with Crippen molar-refractivity contribution in [2.45, 2.75) is 168 Å².